The number of anilines is 1. The Morgan fingerprint density at radius 2 is 1.94 bits per heavy atom. The predicted octanol–water partition coefficient (Wildman–Crippen LogP) is 1.47. The summed E-state index contributed by atoms with van der Waals surface area (Å²) in [5.74, 6) is 1.02. The second-order valence-electron chi connectivity index (χ2n) is 3.83. The molecule has 0 spiro atoms. The van der Waals surface area contributed by atoms with Crippen molar-refractivity contribution < 1.29 is 4.74 Å². The molecule has 0 atom stereocenters. The van der Waals surface area contributed by atoms with E-state index in [0.29, 0.717) is 0 Å². The van der Waals surface area contributed by atoms with Gasteiger partial charge in [0.25, 0.3) is 0 Å². The molecular formula is C12H13N3O. The minimum atomic E-state index is 0.776. The van der Waals surface area contributed by atoms with Gasteiger partial charge in [0.1, 0.15) is 5.82 Å². The second-order valence-corrected chi connectivity index (χ2v) is 3.83. The minimum Gasteiger partial charge on any atom is -0.378 e. The van der Waals surface area contributed by atoms with Crippen LogP contribution in [0.4, 0.5) is 5.82 Å². The van der Waals surface area contributed by atoms with Gasteiger partial charge in [-0.15, -0.1) is 0 Å². The van der Waals surface area contributed by atoms with Crippen molar-refractivity contribution in [3.8, 4) is 0 Å². The van der Waals surface area contributed by atoms with Crippen LogP contribution in [-0.2, 0) is 4.74 Å². The number of rotatable bonds is 1. The zero-order valence-electron chi connectivity index (χ0n) is 8.97. The average Bonchev–Trinajstić information content (AvgIpc) is 2.39. The van der Waals surface area contributed by atoms with E-state index in [1.54, 1.807) is 0 Å². The molecule has 0 amide bonds. The molecule has 16 heavy (non-hydrogen) atoms. The van der Waals surface area contributed by atoms with Gasteiger partial charge in [0.2, 0.25) is 0 Å². The molecule has 0 aliphatic carbocycles. The van der Waals surface area contributed by atoms with Crippen LogP contribution in [0, 0.1) is 0 Å². The summed E-state index contributed by atoms with van der Waals surface area (Å²) in [5.41, 5.74) is 0. The topological polar surface area (TPSA) is 38.2 Å². The Morgan fingerprint density at radius 3 is 2.81 bits per heavy atom. The van der Waals surface area contributed by atoms with Crippen LogP contribution in [0.3, 0.4) is 0 Å². The van der Waals surface area contributed by atoms with E-state index < -0.39 is 0 Å². The highest BCUT2D eigenvalue weighted by molar-refractivity contribution is 5.91. The minimum absolute atomic E-state index is 0.776. The smallest absolute Gasteiger partial charge is 0.138 e. The van der Waals surface area contributed by atoms with E-state index in [9.17, 15) is 0 Å². The van der Waals surface area contributed by atoms with Gasteiger partial charge in [-0.25, -0.2) is 4.98 Å². The van der Waals surface area contributed by atoms with Gasteiger partial charge >= 0.3 is 0 Å². The van der Waals surface area contributed by atoms with Crippen LogP contribution in [0.25, 0.3) is 10.8 Å². The Kier molecular flexibility index (Phi) is 2.42. The Bertz CT molecular complexity index is 489. The van der Waals surface area contributed by atoms with E-state index in [4.69, 9.17) is 4.74 Å². The lowest BCUT2D eigenvalue weighted by molar-refractivity contribution is 0.122. The number of hydrogen-bond acceptors (Lipinski definition) is 4. The first kappa shape index (κ1) is 9.54. The number of aromatic nitrogens is 2. The molecule has 4 nitrogen and oxygen atoms in total. The molecule has 2 aromatic rings. The summed E-state index contributed by atoms with van der Waals surface area (Å²) in [5, 5.41) is 2.30. The summed E-state index contributed by atoms with van der Waals surface area (Å²) in [6.07, 6.45) is 5.55. The number of fused-ring (bicyclic) bond motifs is 1. The first-order valence-electron chi connectivity index (χ1n) is 5.46. The molecule has 0 unspecified atom stereocenters. The summed E-state index contributed by atoms with van der Waals surface area (Å²) in [6.45, 7) is 3.36. The standard InChI is InChI=1S/C12H13N3O/c1-3-13-9-11-10(1)2-4-14-12(11)15-5-7-16-8-6-15/h1-4,9H,5-8H2. The molecule has 1 aliphatic rings. The number of nitrogens with zero attached hydrogens (tertiary/aromatic N) is 3. The van der Waals surface area contributed by atoms with Crippen LogP contribution in [0.1, 0.15) is 0 Å². The average molecular weight is 215 g/mol. The van der Waals surface area contributed by atoms with Crippen molar-refractivity contribution in [1.82, 2.24) is 9.97 Å². The lowest BCUT2D eigenvalue weighted by Gasteiger charge is -2.28. The molecule has 0 radical (unpaired) electrons. The third-order valence-electron chi connectivity index (χ3n) is 2.86. The Labute approximate surface area is 93.9 Å². The molecule has 1 aliphatic heterocycles. The van der Waals surface area contributed by atoms with E-state index in [2.05, 4.69) is 14.9 Å². The zero-order chi connectivity index (χ0) is 10.8. The van der Waals surface area contributed by atoms with Gasteiger partial charge in [-0.2, -0.15) is 0 Å². The van der Waals surface area contributed by atoms with E-state index in [-0.39, 0.29) is 0 Å². The van der Waals surface area contributed by atoms with E-state index in [0.717, 1.165) is 37.5 Å². The molecular weight excluding hydrogens is 202 g/mol. The summed E-state index contributed by atoms with van der Waals surface area (Å²) in [7, 11) is 0. The fourth-order valence-corrected chi connectivity index (χ4v) is 2.02. The molecule has 3 rings (SSSR count). The molecule has 1 saturated heterocycles. The second kappa shape index (κ2) is 4.06. The van der Waals surface area contributed by atoms with Crippen LogP contribution in [0.15, 0.2) is 30.7 Å². The quantitative estimate of drug-likeness (QED) is 0.722. The molecule has 4 heteroatoms. The van der Waals surface area contributed by atoms with Gasteiger partial charge in [-0.1, -0.05) is 0 Å². The maximum absolute atomic E-state index is 5.35. The maximum Gasteiger partial charge on any atom is 0.138 e. The van der Waals surface area contributed by atoms with Gasteiger partial charge in [0.15, 0.2) is 0 Å². The molecule has 0 bridgehead atoms. The van der Waals surface area contributed by atoms with Crippen LogP contribution >= 0.6 is 0 Å². The van der Waals surface area contributed by atoms with Crippen molar-refractivity contribution in [3.05, 3.63) is 30.7 Å². The van der Waals surface area contributed by atoms with Crippen LogP contribution in [0.2, 0.25) is 0 Å². The molecule has 0 N–H and O–H groups in total. The SMILES string of the molecule is c1cc2ccnc(N3CCOCC3)c2cn1. The van der Waals surface area contributed by atoms with Crippen LogP contribution in [0.5, 0.6) is 0 Å². The first-order chi connectivity index (χ1) is 7.95. The maximum atomic E-state index is 5.35. The Morgan fingerprint density at radius 1 is 1.12 bits per heavy atom. The summed E-state index contributed by atoms with van der Waals surface area (Å²) in [4.78, 5) is 10.9. The lowest BCUT2D eigenvalue weighted by Crippen LogP contribution is -2.36. The summed E-state index contributed by atoms with van der Waals surface area (Å²) >= 11 is 0. The Hall–Kier alpha value is -1.68. The number of hydrogen-bond donors (Lipinski definition) is 0. The predicted molar refractivity (Wildman–Crippen MR) is 62.6 cm³/mol. The van der Waals surface area contributed by atoms with E-state index >= 15 is 0 Å². The van der Waals surface area contributed by atoms with E-state index in [1.165, 1.54) is 5.39 Å². The third-order valence-corrected chi connectivity index (χ3v) is 2.86. The van der Waals surface area contributed by atoms with Gasteiger partial charge in [-0.3, -0.25) is 4.98 Å². The molecule has 2 aromatic heterocycles. The molecule has 0 aromatic carbocycles. The fourth-order valence-electron chi connectivity index (χ4n) is 2.02. The molecule has 1 fully saturated rings. The van der Waals surface area contributed by atoms with Gasteiger partial charge in [0.05, 0.1) is 13.2 Å². The number of ether oxygens (including phenoxy) is 1. The number of morpholine rings is 1. The van der Waals surface area contributed by atoms with Crippen molar-refractivity contribution in [2.45, 2.75) is 0 Å². The molecule has 3 heterocycles. The van der Waals surface area contributed by atoms with Crippen molar-refractivity contribution in [1.29, 1.82) is 0 Å². The van der Waals surface area contributed by atoms with Crippen molar-refractivity contribution >= 4 is 16.6 Å². The van der Waals surface area contributed by atoms with Gasteiger partial charge < -0.3 is 9.64 Å². The van der Waals surface area contributed by atoms with Crippen molar-refractivity contribution in [3.63, 3.8) is 0 Å². The third kappa shape index (κ3) is 1.61. The Balaban J connectivity index is 2.08. The molecule has 0 saturated carbocycles. The summed E-state index contributed by atoms with van der Waals surface area (Å²) in [6, 6.07) is 4.03. The van der Waals surface area contributed by atoms with Crippen LogP contribution < -0.4 is 4.90 Å². The van der Waals surface area contributed by atoms with E-state index in [1.807, 2.05) is 30.7 Å². The van der Waals surface area contributed by atoms with Crippen molar-refractivity contribution in [2.24, 2.45) is 0 Å². The normalized spacial score (nSPS) is 16.6. The zero-order valence-corrected chi connectivity index (χ0v) is 8.97. The largest absolute Gasteiger partial charge is 0.378 e. The molecule has 82 valence electrons. The monoisotopic (exact) mass is 215 g/mol. The van der Waals surface area contributed by atoms with Gasteiger partial charge in [0, 0.05) is 37.1 Å². The highest BCUT2D eigenvalue weighted by Crippen LogP contribution is 2.23. The lowest BCUT2D eigenvalue weighted by atomic mass is 10.2. The van der Waals surface area contributed by atoms with Crippen LogP contribution in [-0.4, -0.2) is 36.3 Å². The van der Waals surface area contributed by atoms with Crippen molar-refractivity contribution in [2.75, 3.05) is 31.2 Å². The first-order valence-corrected chi connectivity index (χ1v) is 5.46. The van der Waals surface area contributed by atoms with Gasteiger partial charge in [-0.05, 0) is 17.5 Å². The highest BCUT2D eigenvalue weighted by atomic mass is 16.5. The highest BCUT2D eigenvalue weighted by Gasteiger charge is 2.14. The number of pyridine rings is 2. The summed E-state index contributed by atoms with van der Waals surface area (Å²) < 4.78 is 5.35. The fraction of sp³-hybridized carbons (Fsp3) is 0.333.